The average molecular weight is 393 g/mol. The summed E-state index contributed by atoms with van der Waals surface area (Å²) in [6.45, 7) is 4.90. The number of H-pyrrole nitrogens is 1. The third kappa shape index (κ3) is 6.41. The van der Waals surface area contributed by atoms with E-state index in [1.165, 1.54) is 0 Å². The van der Waals surface area contributed by atoms with Gasteiger partial charge in [0.1, 0.15) is 5.82 Å². The average Bonchev–Trinajstić information content (AvgIpc) is 3.21. The van der Waals surface area contributed by atoms with Crippen molar-refractivity contribution in [1.29, 1.82) is 0 Å². The van der Waals surface area contributed by atoms with E-state index < -0.39 is 0 Å². The van der Waals surface area contributed by atoms with Crippen LogP contribution >= 0.6 is 0 Å². The second-order valence-electron chi connectivity index (χ2n) is 7.50. The van der Waals surface area contributed by atoms with Crippen molar-refractivity contribution in [2.75, 3.05) is 17.2 Å². The number of unbranched alkanes of at least 4 members (excludes halogenated alkanes) is 1. The lowest BCUT2D eigenvalue weighted by molar-refractivity contribution is 0.0968. The van der Waals surface area contributed by atoms with E-state index in [2.05, 4.69) is 45.1 Å². The minimum Gasteiger partial charge on any atom is -0.384 e. The van der Waals surface area contributed by atoms with Gasteiger partial charge in [-0.05, 0) is 59.5 Å². The van der Waals surface area contributed by atoms with Gasteiger partial charge in [0, 0.05) is 42.0 Å². The number of tetrazole rings is 1. The highest BCUT2D eigenvalue weighted by molar-refractivity contribution is 6.02. The van der Waals surface area contributed by atoms with Gasteiger partial charge >= 0.3 is 0 Å². The number of aryl methyl sites for hydroxylation is 1. The molecule has 7 nitrogen and oxygen atoms in total. The van der Waals surface area contributed by atoms with E-state index in [1.54, 1.807) is 0 Å². The van der Waals surface area contributed by atoms with Gasteiger partial charge in [-0.1, -0.05) is 32.0 Å². The summed E-state index contributed by atoms with van der Waals surface area (Å²) in [7, 11) is 0. The number of para-hydroxylation sites is 1. The Kier molecular flexibility index (Phi) is 7.33. The van der Waals surface area contributed by atoms with Gasteiger partial charge in [-0.3, -0.25) is 4.79 Å². The van der Waals surface area contributed by atoms with E-state index in [1.807, 2.05) is 48.5 Å². The Morgan fingerprint density at radius 3 is 2.62 bits per heavy atom. The number of carbonyl (C=O) groups excluding carboxylic acids is 1. The molecule has 152 valence electrons. The first-order valence-corrected chi connectivity index (χ1v) is 10.1. The fourth-order valence-corrected chi connectivity index (χ4v) is 3.11. The predicted molar refractivity (Wildman–Crippen MR) is 116 cm³/mol. The highest BCUT2D eigenvalue weighted by Gasteiger charge is 2.14. The molecule has 0 amide bonds. The Morgan fingerprint density at radius 1 is 1.07 bits per heavy atom. The number of aromatic nitrogens is 4. The number of ketones is 1. The topological polar surface area (TPSA) is 95.6 Å². The molecule has 1 heterocycles. The summed E-state index contributed by atoms with van der Waals surface area (Å²) >= 11 is 0. The van der Waals surface area contributed by atoms with Gasteiger partial charge < -0.3 is 10.6 Å². The summed E-state index contributed by atoms with van der Waals surface area (Å²) in [5.74, 6) is 1.29. The lowest BCUT2D eigenvalue weighted by Crippen LogP contribution is -2.10. The van der Waals surface area contributed by atoms with Crippen molar-refractivity contribution in [2.45, 2.75) is 39.5 Å². The quantitative estimate of drug-likeness (QED) is 0.326. The molecule has 0 aliphatic rings. The summed E-state index contributed by atoms with van der Waals surface area (Å²) in [4.78, 5) is 12.7. The molecule has 0 aliphatic heterocycles. The summed E-state index contributed by atoms with van der Waals surface area (Å²) in [5.41, 5.74) is 3.59. The fraction of sp³-hybridized carbons (Fsp3) is 0.364. The van der Waals surface area contributed by atoms with Crippen LogP contribution in [-0.4, -0.2) is 33.0 Å². The summed E-state index contributed by atoms with van der Waals surface area (Å²) < 4.78 is 0. The van der Waals surface area contributed by atoms with E-state index >= 15 is 0 Å². The first-order chi connectivity index (χ1) is 14.1. The number of anilines is 3. The van der Waals surface area contributed by atoms with E-state index in [9.17, 15) is 4.79 Å². The molecule has 0 saturated heterocycles. The molecule has 0 unspecified atom stereocenters. The van der Waals surface area contributed by atoms with Crippen molar-refractivity contribution in [1.82, 2.24) is 20.6 Å². The number of hydrogen-bond donors (Lipinski definition) is 3. The zero-order valence-corrected chi connectivity index (χ0v) is 17.0. The van der Waals surface area contributed by atoms with Crippen LogP contribution in [0.2, 0.25) is 0 Å². The van der Waals surface area contributed by atoms with E-state index in [-0.39, 0.29) is 5.78 Å². The number of carbonyl (C=O) groups is 1. The van der Waals surface area contributed by atoms with Crippen LogP contribution in [0.5, 0.6) is 0 Å². The highest BCUT2D eigenvalue weighted by Crippen LogP contribution is 2.26. The summed E-state index contributed by atoms with van der Waals surface area (Å²) in [5, 5.41) is 20.7. The van der Waals surface area contributed by atoms with Crippen molar-refractivity contribution in [3.8, 4) is 0 Å². The molecule has 0 aliphatic carbocycles. The monoisotopic (exact) mass is 392 g/mol. The van der Waals surface area contributed by atoms with Gasteiger partial charge in [-0.15, -0.1) is 5.10 Å². The number of rotatable bonds is 11. The van der Waals surface area contributed by atoms with Crippen LogP contribution < -0.4 is 10.6 Å². The van der Waals surface area contributed by atoms with Crippen LogP contribution in [0.25, 0.3) is 0 Å². The van der Waals surface area contributed by atoms with Crippen LogP contribution in [0.4, 0.5) is 17.1 Å². The van der Waals surface area contributed by atoms with Gasteiger partial charge in [0.2, 0.25) is 0 Å². The van der Waals surface area contributed by atoms with Gasteiger partial charge in [-0.25, -0.2) is 5.10 Å². The maximum absolute atomic E-state index is 12.7. The van der Waals surface area contributed by atoms with Gasteiger partial charge in [0.05, 0.1) is 0 Å². The molecular formula is C22H28N6O. The largest absolute Gasteiger partial charge is 0.384 e. The molecule has 3 aromatic rings. The maximum atomic E-state index is 12.7. The summed E-state index contributed by atoms with van der Waals surface area (Å²) in [6, 6.07) is 15.9. The lowest BCUT2D eigenvalue weighted by atomic mass is 9.99. The molecule has 0 fully saturated rings. The smallest absolute Gasteiger partial charge is 0.165 e. The number of nitrogens with zero attached hydrogens (tertiary/aromatic N) is 3. The Labute approximate surface area is 171 Å². The molecule has 3 N–H and O–H groups in total. The van der Waals surface area contributed by atoms with Gasteiger partial charge in [0.25, 0.3) is 0 Å². The number of nitrogens with one attached hydrogen (secondary N) is 3. The molecule has 2 aromatic carbocycles. The van der Waals surface area contributed by atoms with E-state index in [0.717, 1.165) is 54.3 Å². The third-order valence-corrected chi connectivity index (χ3v) is 4.52. The number of aromatic amines is 1. The molecule has 0 atom stereocenters. The molecule has 0 saturated carbocycles. The van der Waals surface area contributed by atoms with Crippen molar-refractivity contribution in [2.24, 2.45) is 5.92 Å². The SMILES string of the molecule is CC(C)CC(=O)c1ccc(Nc2ccccc2)cc1NCCCCc1nnn[nH]1. The molecule has 0 radical (unpaired) electrons. The number of hydrogen-bond acceptors (Lipinski definition) is 6. The summed E-state index contributed by atoms with van der Waals surface area (Å²) in [6.07, 6.45) is 3.26. The standard InChI is InChI=1S/C22H28N6O/c1-16(2)14-21(29)19-12-11-18(24-17-8-4-3-5-9-17)15-20(19)23-13-7-6-10-22-25-27-28-26-22/h3-5,8-9,11-12,15-16,23-24H,6-7,10,13-14H2,1-2H3,(H,25,26,27,28). The predicted octanol–water partition coefficient (Wildman–Crippen LogP) is 4.61. The molecule has 3 rings (SSSR count). The number of benzene rings is 2. The zero-order valence-electron chi connectivity index (χ0n) is 17.0. The zero-order chi connectivity index (χ0) is 20.5. The Morgan fingerprint density at radius 2 is 1.90 bits per heavy atom. The molecule has 1 aromatic heterocycles. The Hall–Kier alpha value is -3.22. The first-order valence-electron chi connectivity index (χ1n) is 10.1. The Bertz CT molecular complexity index is 893. The second-order valence-corrected chi connectivity index (χ2v) is 7.50. The van der Waals surface area contributed by atoms with Gasteiger partial charge in [-0.2, -0.15) is 0 Å². The van der Waals surface area contributed by atoms with Crippen LogP contribution in [-0.2, 0) is 6.42 Å². The fourth-order valence-electron chi connectivity index (χ4n) is 3.11. The minimum absolute atomic E-state index is 0.168. The van der Waals surface area contributed by atoms with Crippen molar-refractivity contribution in [3.05, 3.63) is 59.9 Å². The molecule has 7 heteroatoms. The molecule has 0 bridgehead atoms. The minimum atomic E-state index is 0.168. The molecule has 29 heavy (non-hydrogen) atoms. The molecular weight excluding hydrogens is 364 g/mol. The van der Waals surface area contributed by atoms with Crippen molar-refractivity contribution < 1.29 is 4.79 Å². The van der Waals surface area contributed by atoms with Gasteiger partial charge in [0.15, 0.2) is 5.78 Å². The van der Waals surface area contributed by atoms with Crippen LogP contribution in [0.3, 0.4) is 0 Å². The van der Waals surface area contributed by atoms with Crippen LogP contribution in [0.1, 0.15) is 49.3 Å². The molecule has 0 spiro atoms. The van der Waals surface area contributed by atoms with Crippen LogP contribution in [0, 0.1) is 5.92 Å². The third-order valence-electron chi connectivity index (χ3n) is 4.52. The van der Waals surface area contributed by atoms with Crippen molar-refractivity contribution in [3.63, 3.8) is 0 Å². The highest BCUT2D eigenvalue weighted by atomic mass is 16.1. The Balaban J connectivity index is 1.66. The second kappa shape index (κ2) is 10.4. The van der Waals surface area contributed by atoms with Crippen molar-refractivity contribution >= 4 is 22.8 Å². The first kappa shape index (κ1) is 20.5. The lowest BCUT2D eigenvalue weighted by Gasteiger charge is -2.15. The van der Waals surface area contributed by atoms with Crippen LogP contribution in [0.15, 0.2) is 48.5 Å². The van der Waals surface area contributed by atoms with E-state index in [4.69, 9.17) is 0 Å². The number of Topliss-reactive ketones (excluding diaryl/α,β-unsaturated/α-hetero) is 1. The normalized spacial score (nSPS) is 10.9. The van der Waals surface area contributed by atoms with E-state index in [0.29, 0.717) is 12.3 Å². The maximum Gasteiger partial charge on any atom is 0.165 e.